The van der Waals surface area contributed by atoms with Crippen molar-refractivity contribution in [1.82, 2.24) is 0 Å². The van der Waals surface area contributed by atoms with Crippen LogP contribution in [0.4, 0.5) is 11.4 Å². The highest BCUT2D eigenvalue weighted by Gasteiger charge is 2.21. The predicted molar refractivity (Wildman–Crippen MR) is 61.8 cm³/mol. The molecule has 1 aliphatic heterocycles. The zero-order valence-corrected chi connectivity index (χ0v) is 8.83. The van der Waals surface area contributed by atoms with Crippen LogP contribution in [0.15, 0.2) is 23.2 Å². The molecule has 2 rings (SSSR count). The molecule has 1 aromatic rings. The highest BCUT2D eigenvalue weighted by Crippen LogP contribution is 2.35. The smallest absolute Gasteiger partial charge is 0.0675 e. The van der Waals surface area contributed by atoms with Crippen LogP contribution in [0.25, 0.3) is 0 Å². The molecule has 0 N–H and O–H groups in total. The first kappa shape index (κ1) is 9.25. The quantitative estimate of drug-likeness (QED) is 0.619. The molecular formula is C12H16N2. The summed E-state index contributed by atoms with van der Waals surface area (Å²) < 4.78 is 0. The summed E-state index contributed by atoms with van der Waals surface area (Å²) >= 11 is 0. The molecule has 74 valence electrons. The van der Waals surface area contributed by atoms with Crippen LogP contribution >= 0.6 is 0 Å². The molecule has 2 nitrogen and oxygen atoms in total. The summed E-state index contributed by atoms with van der Waals surface area (Å²) in [5, 5.41) is 0. The second-order valence-electron chi connectivity index (χ2n) is 3.93. The Labute approximate surface area is 85.3 Å². The van der Waals surface area contributed by atoms with Gasteiger partial charge in [0.15, 0.2) is 0 Å². The van der Waals surface area contributed by atoms with Crippen LogP contribution in [0.1, 0.15) is 18.9 Å². The molecule has 1 heterocycles. The molecule has 1 atom stereocenters. The Hall–Kier alpha value is -1.31. The van der Waals surface area contributed by atoms with Crippen molar-refractivity contribution in [3.63, 3.8) is 0 Å². The number of nitrogens with zero attached hydrogens (tertiary/aromatic N) is 2. The van der Waals surface area contributed by atoms with Crippen LogP contribution in [0.5, 0.6) is 0 Å². The van der Waals surface area contributed by atoms with E-state index in [0.717, 1.165) is 12.1 Å². The molecular weight excluding hydrogens is 172 g/mol. The number of benzene rings is 1. The van der Waals surface area contributed by atoms with Gasteiger partial charge in [-0.2, -0.15) is 0 Å². The Bertz CT molecular complexity index is 357. The third-order valence-electron chi connectivity index (χ3n) is 3.15. The molecule has 1 aromatic carbocycles. The largest absolute Gasteiger partial charge is 0.372 e. The number of fused-ring (bicyclic) bond motifs is 1. The van der Waals surface area contributed by atoms with E-state index in [-0.39, 0.29) is 0 Å². The summed E-state index contributed by atoms with van der Waals surface area (Å²) in [6.07, 6.45) is 2.33. The second-order valence-corrected chi connectivity index (χ2v) is 3.93. The van der Waals surface area contributed by atoms with Gasteiger partial charge in [0.2, 0.25) is 0 Å². The molecule has 14 heavy (non-hydrogen) atoms. The fraction of sp³-hybridized carbons (Fsp3) is 0.417. The summed E-state index contributed by atoms with van der Waals surface area (Å²) in [7, 11) is 2.15. The average molecular weight is 188 g/mol. The molecule has 0 aliphatic carbocycles. The fourth-order valence-corrected chi connectivity index (χ4v) is 2.08. The Morgan fingerprint density at radius 2 is 2.29 bits per heavy atom. The van der Waals surface area contributed by atoms with Gasteiger partial charge in [-0.25, -0.2) is 0 Å². The van der Waals surface area contributed by atoms with Gasteiger partial charge in [0.25, 0.3) is 0 Å². The van der Waals surface area contributed by atoms with Crippen LogP contribution in [0, 0.1) is 0 Å². The molecule has 0 fully saturated rings. The third-order valence-corrected chi connectivity index (χ3v) is 3.15. The minimum absolute atomic E-state index is 0.627. The van der Waals surface area contributed by atoms with E-state index in [1.54, 1.807) is 0 Å². The standard InChI is InChI=1S/C12H16N2/c1-9-7-8-10-11(13-2)5-4-6-12(10)14(9)3/h4-6,9H,2,7-8H2,1,3H3. The van der Waals surface area contributed by atoms with Gasteiger partial charge in [-0.15, -0.1) is 0 Å². The van der Waals surface area contributed by atoms with Crippen LogP contribution in [0.2, 0.25) is 0 Å². The normalized spacial score (nSPS) is 20.4. The lowest BCUT2D eigenvalue weighted by atomic mass is 9.96. The number of anilines is 1. The van der Waals surface area contributed by atoms with Gasteiger partial charge >= 0.3 is 0 Å². The van der Waals surface area contributed by atoms with Gasteiger partial charge in [0.1, 0.15) is 0 Å². The maximum atomic E-state index is 4.07. The van der Waals surface area contributed by atoms with E-state index in [2.05, 4.69) is 42.7 Å². The molecule has 0 aromatic heterocycles. The summed E-state index contributed by atoms with van der Waals surface area (Å²) in [6, 6.07) is 6.88. The van der Waals surface area contributed by atoms with E-state index in [4.69, 9.17) is 0 Å². The highest BCUT2D eigenvalue weighted by atomic mass is 15.1. The van der Waals surface area contributed by atoms with Crippen molar-refractivity contribution >= 4 is 18.1 Å². The molecule has 0 amide bonds. The lowest BCUT2D eigenvalue weighted by Crippen LogP contribution is -2.33. The van der Waals surface area contributed by atoms with Gasteiger partial charge in [-0.1, -0.05) is 6.07 Å². The van der Waals surface area contributed by atoms with Crippen molar-refractivity contribution < 1.29 is 0 Å². The van der Waals surface area contributed by atoms with E-state index in [9.17, 15) is 0 Å². The van der Waals surface area contributed by atoms with Gasteiger partial charge < -0.3 is 4.90 Å². The second kappa shape index (κ2) is 3.45. The van der Waals surface area contributed by atoms with Crippen LogP contribution < -0.4 is 4.90 Å². The summed E-state index contributed by atoms with van der Waals surface area (Å²) in [6.45, 7) is 5.88. The minimum atomic E-state index is 0.627. The Morgan fingerprint density at radius 1 is 1.50 bits per heavy atom. The van der Waals surface area contributed by atoms with Gasteiger partial charge in [0, 0.05) is 24.3 Å². The van der Waals surface area contributed by atoms with Crippen LogP contribution in [-0.4, -0.2) is 19.8 Å². The fourth-order valence-electron chi connectivity index (χ4n) is 2.08. The first-order valence-electron chi connectivity index (χ1n) is 5.05. The van der Waals surface area contributed by atoms with Crippen LogP contribution in [0.3, 0.4) is 0 Å². The molecule has 0 saturated carbocycles. The van der Waals surface area contributed by atoms with E-state index < -0.39 is 0 Å². The maximum absolute atomic E-state index is 4.07. The zero-order chi connectivity index (χ0) is 10.1. The molecule has 1 aliphatic rings. The lowest BCUT2D eigenvalue weighted by molar-refractivity contribution is 0.599. The van der Waals surface area contributed by atoms with Crippen molar-refractivity contribution in [2.45, 2.75) is 25.8 Å². The Kier molecular flexibility index (Phi) is 2.28. The SMILES string of the molecule is C=Nc1cccc2c1CCC(C)N2C. The van der Waals surface area contributed by atoms with Crippen LogP contribution in [-0.2, 0) is 6.42 Å². The van der Waals surface area contributed by atoms with Crippen molar-refractivity contribution in [2.24, 2.45) is 4.99 Å². The van der Waals surface area contributed by atoms with Gasteiger partial charge in [-0.05, 0) is 38.6 Å². The minimum Gasteiger partial charge on any atom is -0.372 e. The average Bonchev–Trinajstić information content (AvgIpc) is 2.23. The maximum Gasteiger partial charge on any atom is 0.0675 e. The van der Waals surface area contributed by atoms with E-state index in [0.29, 0.717) is 6.04 Å². The first-order valence-corrected chi connectivity index (χ1v) is 5.05. The topological polar surface area (TPSA) is 15.6 Å². The van der Waals surface area contributed by atoms with Gasteiger partial charge in [0.05, 0.1) is 5.69 Å². The summed E-state index contributed by atoms with van der Waals surface area (Å²) in [4.78, 5) is 6.39. The molecule has 2 heteroatoms. The zero-order valence-electron chi connectivity index (χ0n) is 8.83. The number of hydrogen-bond donors (Lipinski definition) is 0. The van der Waals surface area contributed by atoms with E-state index in [1.165, 1.54) is 17.7 Å². The lowest BCUT2D eigenvalue weighted by Gasteiger charge is -2.34. The predicted octanol–water partition coefficient (Wildman–Crippen LogP) is 2.79. The summed E-state index contributed by atoms with van der Waals surface area (Å²) in [5.41, 5.74) is 3.71. The van der Waals surface area contributed by atoms with Crippen molar-refractivity contribution in [1.29, 1.82) is 0 Å². The monoisotopic (exact) mass is 188 g/mol. The first-order chi connectivity index (χ1) is 6.74. The molecule has 0 radical (unpaired) electrons. The summed E-state index contributed by atoms with van der Waals surface area (Å²) in [5.74, 6) is 0. The highest BCUT2D eigenvalue weighted by molar-refractivity contribution is 5.67. The van der Waals surface area contributed by atoms with Crippen molar-refractivity contribution in [3.05, 3.63) is 23.8 Å². The third kappa shape index (κ3) is 1.31. The number of aliphatic imine (C=N–C) groups is 1. The number of rotatable bonds is 1. The molecule has 0 spiro atoms. The Morgan fingerprint density at radius 3 is 3.00 bits per heavy atom. The van der Waals surface area contributed by atoms with E-state index in [1.807, 2.05) is 6.07 Å². The van der Waals surface area contributed by atoms with Crippen molar-refractivity contribution in [2.75, 3.05) is 11.9 Å². The van der Waals surface area contributed by atoms with Crippen molar-refractivity contribution in [3.8, 4) is 0 Å². The van der Waals surface area contributed by atoms with Gasteiger partial charge in [-0.3, -0.25) is 4.99 Å². The molecule has 1 unspecified atom stereocenters. The molecule has 0 bridgehead atoms. The number of hydrogen-bond acceptors (Lipinski definition) is 2. The Balaban J connectivity index is 2.52. The van der Waals surface area contributed by atoms with E-state index >= 15 is 0 Å². The molecule has 0 saturated heterocycles.